The molecule has 5 aromatic rings. The van der Waals surface area contributed by atoms with Crippen LogP contribution in [0, 0.1) is 0 Å². The summed E-state index contributed by atoms with van der Waals surface area (Å²) in [4.78, 5) is 9.48. The third-order valence-electron chi connectivity index (χ3n) is 6.76. The maximum absolute atomic E-state index is 6.94. The molecule has 0 aliphatic carbocycles. The van der Waals surface area contributed by atoms with E-state index in [0.717, 1.165) is 5.56 Å². The van der Waals surface area contributed by atoms with E-state index < -0.39 is 11.6 Å². The number of nitrogens with one attached hydrogen (secondary N) is 1. The molecule has 4 heterocycles. The monoisotopic (exact) mass is 528 g/mol. The van der Waals surface area contributed by atoms with Crippen LogP contribution in [0.1, 0.15) is 18.1 Å². The maximum atomic E-state index is 6.94. The second-order valence-corrected chi connectivity index (χ2v) is 9.33. The van der Waals surface area contributed by atoms with E-state index in [0.29, 0.717) is 58.3 Å². The summed E-state index contributed by atoms with van der Waals surface area (Å²) in [6, 6.07) is 16.8. The molecule has 0 fully saturated rings. The molecule has 2 aromatic carbocycles. The Hall–Kier alpha value is -4.77. The van der Waals surface area contributed by atoms with Crippen LogP contribution in [0.4, 0.5) is 5.95 Å². The van der Waals surface area contributed by atoms with Gasteiger partial charge in [-0.3, -0.25) is 0 Å². The third-order valence-corrected chi connectivity index (χ3v) is 6.76. The maximum Gasteiger partial charge on any atom is 0.226 e. The van der Waals surface area contributed by atoms with Gasteiger partial charge in [0.2, 0.25) is 11.8 Å². The molecule has 0 amide bonds. The number of hydrogen-bond donors (Lipinski definition) is 2. The van der Waals surface area contributed by atoms with Crippen molar-refractivity contribution in [3.8, 4) is 34.6 Å². The van der Waals surface area contributed by atoms with E-state index in [1.807, 2.05) is 49.4 Å². The van der Waals surface area contributed by atoms with Crippen LogP contribution >= 0.6 is 0 Å². The number of nitrogens with two attached hydrogens (primary N) is 1. The molecule has 0 spiro atoms. The highest BCUT2D eigenvalue weighted by atomic mass is 16.6. The van der Waals surface area contributed by atoms with E-state index in [-0.39, 0.29) is 6.61 Å². The standard InChI is InChI=1S/C28H28N6O5/c1-28(29,24-16-38-20-7-4-5-8-21(20)39-24)18-15-31-27(30-14-17-10-11-19(35-2)23(13-17)36-3)34-26(18)32-25(33-34)22-9-6-12-37-22/h4-13,15,24H,14,16,29H2,1-3H3,(H,30,31). The molecule has 39 heavy (non-hydrogen) atoms. The van der Waals surface area contributed by atoms with Crippen molar-refractivity contribution in [3.63, 3.8) is 0 Å². The molecule has 3 aromatic heterocycles. The highest BCUT2D eigenvalue weighted by Crippen LogP contribution is 2.37. The van der Waals surface area contributed by atoms with Gasteiger partial charge in [0.05, 0.1) is 26.0 Å². The van der Waals surface area contributed by atoms with E-state index in [2.05, 4.69) is 10.3 Å². The predicted molar refractivity (Wildman–Crippen MR) is 143 cm³/mol. The Balaban J connectivity index is 1.36. The summed E-state index contributed by atoms with van der Waals surface area (Å²) >= 11 is 0. The van der Waals surface area contributed by atoms with Crippen molar-refractivity contribution in [2.24, 2.45) is 5.73 Å². The first-order valence-corrected chi connectivity index (χ1v) is 12.4. The molecule has 2 atom stereocenters. The SMILES string of the molecule is COc1ccc(CNc2ncc(C(C)(N)C3COc4ccccc4O3)c3nc(-c4ccco4)nn23)cc1OC. The molecular formula is C28H28N6O5. The lowest BCUT2D eigenvalue weighted by Crippen LogP contribution is -2.52. The van der Waals surface area contributed by atoms with Gasteiger partial charge in [-0.2, -0.15) is 4.52 Å². The minimum Gasteiger partial charge on any atom is -0.493 e. The smallest absolute Gasteiger partial charge is 0.226 e. The van der Waals surface area contributed by atoms with Crippen LogP contribution in [-0.4, -0.2) is 46.5 Å². The Labute approximate surface area is 224 Å². The first-order valence-electron chi connectivity index (χ1n) is 12.4. The van der Waals surface area contributed by atoms with Crippen LogP contribution in [0.2, 0.25) is 0 Å². The molecule has 0 saturated carbocycles. The van der Waals surface area contributed by atoms with E-state index >= 15 is 0 Å². The van der Waals surface area contributed by atoms with Crippen molar-refractivity contribution in [3.05, 3.63) is 78.2 Å². The van der Waals surface area contributed by atoms with Gasteiger partial charge in [-0.25, -0.2) is 9.97 Å². The summed E-state index contributed by atoms with van der Waals surface area (Å²) < 4.78 is 30.2. The summed E-state index contributed by atoms with van der Waals surface area (Å²) in [5, 5.41) is 8.05. The number of anilines is 1. The quantitative estimate of drug-likeness (QED) is 0.304. The molecule has 0 saturated heterocycles. The lowest BCUT2D eigenvalue weighted by atomic mass is 9.88. The number of fused-ring (bicyclic) bond motifs is 2. The van der Waals surface area contributed by atoms with Gasteiger partial charge in [-0.15, -0.1) is 5.10 Å². The average Bonchev–Trinajstić information content (AvgIpc) is 3.66. The Morgan fingerprint density at radius 2 is 1.90 bits per heavy atom. The second-order valence-electron chi connectivity index (χ2n) is 9.33. The molecule has 2 unspecified atom stereocenters. The number of hydrogen-bond acceptors (Lipinski definition) is 10. The fraction of sp³-hybridized carbons (Fsp3) is 0.250. The van der Waals surface area contributed by atoms with Gasteiger partial charge in [-0.05, 0) is 48.9 Å². The largest absolute Gasteiger partial charge is 0.493 e. The van der Waals surface area contributed by atoms with Crippen molar-refractivity contribution in [1.82, 2.24) is 19.6 Å². The van der Waals surface area contributed by atoms with Gasteiger partial charge >= 0.3 is 0 Å². The number of nitrogens with zero attached hydrogens (tertiary/aromatic N) is 4. The van der Waals surface area contributed by atoms with Crippen LogP contribution < -0.4 is 30.0 Å². The summed E-state index contributed by atoms with van der Waals surface area (Å²) in [5.41, 5.74) is 8.07. The van der Waals surface area contributed by atoms with Gasteiger partial charge in [0.1, 0.15) is 6.61 Å². The Bertz CT molecular complexity index is 1610. The molecule has 200 valence electrons. The molecule has 0 bridgehead atoms. The number of para-hydroxylation sites is 2. The van der Waals surface area contributed by atoms with E-state index in [1.165, 1.54) is 0 Å². The van der Waals surface area contributed by atoms with Crippen LogP contribution in [0.3, 0.4) is 0 Å². The molecule has 11 nitrogen and oxygen atoms in total. The Morgan fingerprint density at radius 1 is 1.08 bits per heavy atom. The van der Waals surface area contributed by atoms with E-state index in [4.69, 9.17) is 39.2 Å². The Morgan fingerprint density at radius 3 is 2.67 bits per heavy atom. The van der Waals surface area contributed by atoms with Crippen LogP contribution in [0.5, 0.6) is 23.0 Å². The van der Waals surface area contributed by atoms with Gasteiger partial charge in [-0.1, -0.05) is 18.2 Å². The highest BCUT2D eigenvalue weighted by Gasteiger charge is 2.40. The van der Waals surface area contributed by atoms with Crippen LogP contribution in [0.25, 0.3) is 17.2 Å². The van der Waals surface area contributed by atoms with E-state index in [9.17, 15) is 0 Å². The minimum absolute atomic E-state index is 0.272. The number of furan rings is 1. The number of benzene rings is 2. The van der Waals surface area contributed by atoms with Gasteiger partial charge in [0.25, 0.3) is 0 Å². The van der Waals surface area contributed by atoms with Crippen molar-refractivity contribution >= 4 is 11.6 Å². The van der Waals surface area contributed by atoms with Crippen LogP contribution in [0.15, 0.2) is 71.5 Å². The second kappa shape index (κ2) is 9.84. The molecule has 1 aliphatic heterocycles. The number of ether oxygens (including phenoxy) is 4. The van der Waals surface area contributed by atoms with Crippen molar-refractivity contribution < 1.29 is 23.4 Å². The first kappa shape index (κ1) is 24.6. The summed E-state index contributed by atoms with van der Waals surface area (Å²) in [5.74, 6) is 4.04. The highest BCUT2D eigenvalue weighted by molar-refractivity contribution is 5.60. The lowest BCUT2D eigenvalue weighted by molar-refractivity contribution is 0.0378. The fourth-order valence-electron chi connectivity index (χ4n) is 4.54. The normalized spacial score (nSPS) is 16.1. The van der Waals surface area contributed by atoms with Gasteiger partial charge in [0, 0.05) is 18.3 Å². The summed E-state index contributed by atoms with van der Waals surface area (Å²) in [7, 11) is 3.21. The van der Waals surface area contributed by atoms with Crippen molar-refractivity contribution in [2.45, 2.75) is 25.1 Å². The first-order chi connectivity index (χ1) is 19.0. The molecule has 11 heteroatoms. The van der Waals surface area contributed by atoms with Gasteiger partial charge < -0.3 is 34.4 Å². The number of methoxy groups -OCH3 is 2. The van der Waals surface area contributed by atoms with Crippen LogP contribution in [-0.2, 0) is 12.1 Å². The number of aromatic nitrogens is 4. The zero-order valence-corrected chi connectivity index (χ0v) is 21.7. The average molecular weight is 529 g/mol. The molecule has 3 N–H and O–H groups in total. The summed E-state index contributed by atoms with van der Waals surface area (Å²) in [6.45, 7) is 2.60. The van der Waals surface area contributed by atoms with Crippen molar-refractivity contribution in [1.29, 1.82) is 0 Å². The van der Waals surface area contributed by atoms with Crippen molar-refractivity contribution in [2.75, 3.05) is 26.1 Å². The molecule has 1 aliphatic rings. The molecule has 0 radical (unpaired) electrons. The topological polar surface area (TPSA) is 131 Å². The zero-order valence-electron chi connectivity index (χ0n) is 21.7. The summed E-state index contributed by atoms with van der Waals surface area (Å²) in [6.07, 6.45) is 2.79. The zero-order chi connectivity index (χ0) is 27.0. The van der Waals surface area contributed by atoms with Gasteiger partial charge in [0.15, 0.2) is 40.5 Å². The Kier molecular flexibility index (Phi) is 6.20. The predicted octanol–water partition coefficient (Wildman–Crippen LogP) is 4.03. The molecular weight excluding hydrogens is 500 g/mol. The fourth-order valence-corrected chi connectivity index (χ4v) is 4.54. The molecule has 6 rings (SSSR count). The lowest BCUT2D eigenvalue weighted by Gasteiger charge is -2.37. The minimum atomic E-state index is -1.02. The number of rotatable bonds is 8. The van der Waals surface area contributed by atoms with E-state index in [1.54, 1.807) is 43.3 Å². The third kappa shape index (κ3) is 4.46.